The maximum absolute atomic E-state index is 11.0. The van der Waals surface area contributed by atoms with Crippen LogP contribution in [0.2, 0.25) is 0 Å². The molecule has 5 nitrogen and oxygen atoms in total. The number of aromatic nitrogens is 2. The van der Waals surface area contributed by atoms with Crippen LogP contribution >= 0.6 is 0 Å². The van der Waals surface area contributed by atoms with E-state index < -0.39 is 0 Å². The van der Waals surface area contributed by atoms with E-state index >= 15 is 0 Å². The van der Waals surface area contributed by atoms with Crippen molar-refractivity contribution in [1.29, 1.82) is 0 Å². The van der Waals surface area contributed by atoms with E-state index in [1.807, 2.05) is 0 Å². The SMILES string of the molecule is C=CC(=O)N(C)Cc1nc(C)no1. The van der Waals surface area contributed by atoms with Gasteiger partial charge in [-0.3, -0.25) is 4.79 Å². The Morgan fingerprint density at radius 1 is 1.77 bits per heavy atom. The van der Waals surface area contributed by atoms with Crippen molar-refractivity contribution >= 4 is 5.91 Å². The molecule has 0 aliphatic heterocycles. The third-order valence-electron chi connectivity index (χ3n) is 1.49. The summed E-state index contributed by atoms with van der Waals surface area (Å²) >= 11 is 0. The predicted octanol–water partition coefficient (Wildman–Crippen LogP) is 0.522. The standard InChI is InChI=1S/C8H11N3O2/c1-4-8(12)11(3)5-7-9-6(2)10-13-7/h4H,1,5H2,2-3H3. The van der Waals surface area contributed by atoms with Gasteiger partial charge in [-0.15, -0.1) is 0 Å². The second kappa shape index (κ2) is 3.84. The van der Waals surface area contributed by atoms with Crippen molar-refractivity contribution in [1.82, 2.24) is 15.0 Å². The highest BCUT2D eigenvalue weighted by atomic mass is 16.5. The lowest BCUT2D eigenvalue weighted by Crippen LogP contribution is -2.24. The van der Waals surface area contributed by atoms with E-state index in [0.717, 1.165) is 0 Å². The molecular weight excluding hydrogens is 170 g/mol. The summed E-state index contributed by atoms with van der Waals surface area (Å²) in [4.78, 5) is 16.4. The third kappa shape index (κ3) is 2.40. The predicted molar refractivity (Wildman–Crippen MR) is 45.7 cm³/mol. The summed E-state index contributed by atoms with van der Waals surface area (Å²) < 4.78 is 4.84. The first kappa shape index (κ1) is 9.44. The second-order valence-electron chi connectivity index (χ2n) is 2.63. The van der Waals surface area contributed by atoms with Gasteiger partial charge in [-0.25, -0.2) is 0 Å². The van der Waals surface area contributed by atoms with Gasteiger partial charge in [0.05, 0.1) is 6.54 Å². The molecule has 1 aromatic heterocycles. The molecule has 1 amide bonds. The van der Waals surface area contributed by atoms with Gasteiger partial charge in [0.1, 0.15) is 0 Å². The molecule has 0 saturated heterocycles. The molecule has 1 rings (SSSR count). The van der Waals surface area contributed by atoms with Gasteiger partial charge in [0.15, 0.2) is 5.82 Å². The van der Waals surface area contributed by atoms with Gasteiger partial charge < -0.3 is 9.42 Å². The maximum Gasteiger partial charge on any atom is 0.246 e. The lowest BCUT2D eigenvalue weighted by Gasteiger charge is -2.10. The Morgan fingerprint density at radius 3 is 2.92 bits per heavy atom. The first-order valence-electron chi connectivity index (χ1n) is 3.80. The molecule has 0 N–H and O–H groups in total. The summed E-state index contributed by atoms with van der Waals surface area (Å²) in [7, 11) is 1.64. The number of carbonyl (C=O) groups excluding carboxylic acids is 1. The number of hydrogen-bond acceptors (Lipinski definition) is 4. The van der Waals surface area contributed by atoms with Gasteiger partial charge >= 0.3 is 0 Å². The third-order valence-corrected chi connectivity index (χ3v) is 1.49. The van der Waals surface area contributed by atoms with Crippen LogP contribution in [0.5, 0.6) is 0 Å². The van der Waals surface area contributed by atoms with Crippen LogP contribution in [0, 0.1) is 6.92 Å². The van der Waals surface area contributed by atoms with Crippen LogP contribution in [-0.4, -0.2) is 28.0 Å². The Labute approximate surface area is 76.0 Å². The minimum atomic E-state index is -0.171. The molecule has 0 fully saturated rings. The van der Waals surface area contributed by atoms with Gasteiger partial charge in [0, 0.05) is 7.05 Å². The average Bonchev–Trinajstić information content (AvgIpc) is 2.49. The molecule has 70 valence electrons. The normalized spacial score (nSPS) is 9.69. The number of nitrogens with zero attached hydrogens (tertiary/aromatic N) is 3. The Kier molecular flexibility index (Phi) is 2.79. The minimum absolute atomic E-state index is 0.171. The zero-order valence-electron chi connectivity index (χ0n) is 7.65. The molecule has 0 bridgehead atoms. The first-order chi connectivity index (χ1) is 6.13. The maximum atomic E-state index is 11.0. The molecule has 5 heteroatoms. The summed E-state index contributed by atoms with van der Waals surface area (Å²) in [5, 5.41) is 3.60. The quantitative estimate of drug-likeness (QED) is 0.638. The molecule has 0 radical (unpaired) electrons. The van der Waals surface area contributed by atoms with Crippen LogP contribution in [0.25, 0.3) is 0 Å². The first-order valence-corrected chi connectivity index (χ1v) is 3.80. The minimum Gasteiger partial charge on any atom is -0.337 e. The zero-order chi connectivity index (χ0) is 9.84. The molecule has 13 heavy (non-hydrogen) atoms. The fraction of sp³-hybridized carbons (Fsp3) is 0.375. The van der Waals surface area contributed by atoms with Crippen molar-refractivity contribution < 1.29 is 9.32 Å². The van der Waals surface area contributed by atoms with Gasteiger partial charge in [-0.05, 0) is 13.0 Å². The van der Waals surface area contributed by atoms with Gasteiger partial charge in [-0.1, -0.05) is 11.7 Å². The van der Waals surface area contributed by atoms with E-state index in [1.165, 1.54) is 11.0 Å². The van der Waals surface area contributed by atoms with Crippen LogP contribution in [0.3, 0.4) is 0 Å². The van der Waals surface area contributed by atoms with Crippen molar-refractivity contribution in [3.63, 3.8) is 0 Å². The van der Waals surface area contributed by atoms with Crippen molar-refractivity contribution in [2.24, 2.45) is 0 Å². The summed E-state index contributed by atoms with van der Waals surface area (Å²) in [6, 6.07) is 0. The Hall–Kier alpha value is -1.65. The van der Waals surface area contributed by atoms with Crippen LogP contribution in [0.1, 0.15) is 11.7 Å². The Bertz CT molecular complexity index is 319. The molecule has 0 saturated carbocycles. The highest BCUT2D eigenvalue weighted by Crippen LogP contribution is 2.00. The molecule has 0 spiro atoms. The number of likely N-dealkylation sites (N-methyl/N-ethyl adjacent to an activating group) is 1. The van der Waals surface area contributed by atoms with Crippen molar-refractivity contribution in [3.05, 3.63) is 24.4 Å². The Morgan fingerprint density at radius 2 is 2.46 bits per heavy atom. The van der Waals surface area contributed by atoms with E-state index in [-0.39, 0.29) is 5.91 Å². The number of amides is 1. The molecular formula is C8H11N3O2. The molecule has 1 aromatic rings. The van der Waals surface area contributed by atoms with Crippen molar-refractivity contribution in [2.45, 2.75) is 13.5 Å². The highest BCUT2D eigenvalue weighted by Gasteiger charge is 2.09. The summed E-state index contributed by atoms with van der Waals surface area (Å²) in [6.45, 7) is 5.41. The fourth-order valence-electron chi connectivity index (χ4n) is 0.841. The van der Waals surface area contributed by atoms with Crippen LogP contribution in [0.4, 0.5) is 0 Å². The van der Waals surface area contributed by atoms with Gasteiger partial charge in [-0.2, -0.15) is 4.98 Å². The largest absolute Gasteiger partial charge is 0.337 e. The summed E-state index contributed by atoms with van der Waals surface area (Å²) in [5.41, 5.74) is 0. The van der Waals surface area contributed by atoms with E-state index in [0.29, 0.717) is 18.3 Å². The fourth-order valence-corrected chi connectivity index (χ4v) is 0.841. The van der Waals surface area contributed by atoms with Crippen LogP contribution in [-0.2, 0) is 11.3 Å². The zero-order valence-corrected chi connectivity index (χ0v) is 7.65. The lowest BCUT2D eigenvalue weighted by atomic mass is 10.5. The summed E-state index contributed by atoms with van der Waals surface area (Å²) in [6.07, 6.45) is 1.24. The van der Waals surface area contributed by atoms with E-state index in [2.05, 4.69) is 16.7 Å². The Balaban J connectivity index is 2.59. The molecule has 0 atom stereocenters. The van der Waals surface area contributed by atoms with Crippen molar-refractivity contribution in [3.8, 4) is 0 Å². The van der Waals surface area contributed by atoms with E-state index in [4.69, 9.17) is 4.52 Å². The number of rotatable bonds is 3. The summed E-state index contributed by atoms with van der Waals surface area (Å²) in [5.74, 6) is 0.820. The smallest absolute Gasteiger partial charge is 0.246 e. The highest BCUT2D eigenvalue weighted by molar-refractivity contribution is 5.86. The lowest BCUT2D eigenvalue weighted by molar-refractivity contribution is -0.125. The molecule has 0 aromatic carbocycles. The number of hydrogen-bond donors (Lipinski definition) is 0. The monoisotopic (exact) mass is 181 g/mol. The molecule has 0 aliphatic carbocycles. The van der Waals surface area contributed by atoms with Gasteiger partial charge in [0.25, 0.3) is 0 Å². The van der Waals surface area contributed by atoms with E-state index in [9.17, 15) is 4.79 Å². The average molecular weight is 181 g/mol. The van der Waals surface area contributed by atoms with Crippen LogP contribution < -0.4 is 0 Å². The number of carbonyl (C=O) groups is 1. The number of aryl methyl sites for hydroxylation is 1. The molecule has 0 aliphatic rings. The van der Waals surface area contributed by atoms with Gasteiger partial charge in [0.2, 0.25) is 11.8 Å². The molecule has 1 heterocycles. The van der Waals surface area contributed by atoms with Crippen LogP contribution in [0.15, 0.2) is 17.2 Å². The topological polar surface area (TPSA) is 59.2 Å². The molecule has 0 unspecified atom stereocenters. The second-order valence-corrected chi connectivity index (χ2v) is 2.63. The van der Waals surface area contributed by atoms with E-state index in [1.54, 1.807) is 14.0 Å². The van der Waals surface area contributed by atoms with Crippen molar-refractivity contribution in [2.75, 3.05) is 7.05 Å².